The maximum atomic E-state index is 13.5. The van der Waals surface area contributed by atoms with Gasteiger partial charge in [-0.05, 0) is 116 Å². The van der Waals surface area contributed by atoms with Gasteiger partial charge in [0, 0.05) is 25.9 Å². The van der Waals surface area contributed by atoms with Crippen LogP contribution >= 0.6 is 0 Å². The van der Waals surface area contributed by atoms with Crippen LogP contribution in [0.25, 0.3) is 0 Å². The Morgan fingerprint density at radius 2 is 0.746 bits per heavy atom. The van der Waals surface area contributed by atoms with Gasteiger partial charge in [0.05, 0.1) is 98.5 Å². The second-order valence-corrected chi connectivity index (χ2v) is 16.8. The molecule has 0 bridgehead atoms. The third-order valence-corrected chi connectivity index (χ3v) is 11.3. The zero-order valence-corrected chi connectivity index (χ0v) is 38.2. The Morgan fingerprint density at radius 1 is 0.394 bits per heavy atom. The number of Topliss-reactive ketones (excluding diaryl/α,β-unsaturated/α-hetero) is 1. The van der Waals surface area contributed by atoms with Gasteiger partial charge >= 0.3 is 29.8 Å². The van der Waals surface area contributed by atoms with E-state index >= 15 is 0 Å². The smallest absolute Gasteiger partial charge is 0.343 e. The molecule has 18 nitrogen and oxygen atoms in total. The largest absolute Gasteiger partial charge is 0.493 e. The molecule has 0 spiro atoms. The molecule has 4 heterocycles. The van der Waals surface area contributed by atoms with Gasteiger partial charge in [0.15, 0.2) is 5.78 Å². The van der Waals surface area contributed by atoms with Crippen LogP contribution in [0.15, 0.2) is 109 Å². The van der Waals surface area contributed by atoms with Crippen LogP contribution in [-0.2, 0) is 28.4 Å². The van der Waals surface area contributed by atoms with E-state index < -0.39 is 35.6 Å². The van der Waals surface area contributed by atoms with E-state index in [1.54, 1.807) is 36.4 Å². The first-order valence-corrected chi connectivity index (χ1v) is 23.1. The Bertz CT molecular complexity index is 2720. The van der Waals surface area contributed by atoms with Crippen molar-refractivity contribution in [1.82, 2.24) is 0 Å². The van der Waals surface area contributed by atoms with E-state index in [2.05, 4.69) is 0 Å². The summed E-state index contributed by atoms with van der Waals surface area (Å²) < 4.78 is 65.7. The summed E-state index contributed by atoms with van der Waals surface area (Å²) in [5, 5.41) is 0. The van der Waals surface area contributed by atoms with Crippen LogP contribution < -0.4 is 28.4 Å². The molecule has 0 aromatic heterocycles. The summed E-state index contributed by atoms with van der Waals surface area (Å²) in [6, 6.07) is 25.9. The average Bonchev–Trinajstić information content (AvgIpc) is 4.13. The fourth-order valence-corrected chi connectivity index (χ4v) is 6.84. The number of hydrogen-bond donors (Lipinski definition) is 0. The number of esters is 5. The van der Waals surface area contributed by atoms with Crippen LogP contribution in [0.5, 0.6) is 34.5 Å². The highest BCUT2D eigenvalue weighted by Gasteiger charge is 2.27. The Hall–Kier alpha value is -7.48. The van der Waals surface area contributed by atoms with E-state index in [0.29, 0.717) is 50.8 Å². The molecular formula is C53H48O18. The normalized spacial score (nSPS) is 18.0. The molecule has 4 aliphatic rings. The highest BCUT2D eigenvalue weighted by molar-refractivity contribution is 6.02. The van der Waals surface area contributed by atoms with Gasteiger partial charge in [-0.1, -0.05) is 0 Å². The lowest BCUT2D eigenvalue weighted by Gasteiger charge is -2.13. The second-order valence-electron chi connectivity index (χ2n) is 16.8. The predicted molar refractivity (Wildman–Crippen MR) is 246 cm³/mol. The molecule has 4 aliphatic heterocycles. The van der Waals surface area contributed by atoms with Gasteiger partial charge in [-0.3, -0.25) is 4.79 Å². The van der Waals surface area contributed by atoms with Gasteiger partial charge in [-0.2, -0.15) is 0 Å². The van der Waals surface area contributed by atoms with Crippen LogP contribution in [0.1, 0.15) is 87.8 Å². The average molecular weight is 973 g/mol. The van der Waals surface area contributed by atoms with E-state index in [0.717, 1.165) is 26.1 Å². The standard InChI is InChI=1S/C53H48O18/c54-46(31-60-21-17-40-27-64-40)44-25-38(13-15-47(44)70-51(57)34-5-9-36(10-6-34)61-22-18-41-28-65-41)68-49(55)32-1-3-33(4-2-32)50(56)69-39-14-16-48(45(26-39)53(59)63-24-20-43-30-67-43)71-52(58)35-7-11-37(12-8-35)62-23-19-42-29-66-42/h1-16,25-26,40-43H,17-24,27-31H2. The molecule has 18 heteroatoms. The lowest BCUT2D eigenvalue weighted by Crippen LogP contribution is -2.16. The Balaban J connectivity index is 0.827. The number of ketones is 1. The van der Waals surface area contributed by atoms with Crippen molar-refractivity contribution in [2.75, 3.05) is 59.5 Å². The molecule has 368 valence electrons. The SMILES string of the molecule is O=C(Oc1ccc(OC(=O)c2ccc(OCCC3CO3)cc2)c(C(=O)COCCC2CO2)c1)c1ccc(C(=O)Oc2ccc(OC(=O)c3ccc(OCCC4CO4)cc3)c(C(=O)OCCC3CO3)c2)cc1. The molecule has 0 saturated carbocycles. The number of hydrogen-bond acceptors (Lipinski definition) is 18. The topological polar surface area (TPSA) is 226 Å². The molecule has 0 radical (unpaired) electrons. The lowest BCUT2D eigenvalue weighted by atomic mass is 10.1. The molecule has 71 heavy (non-hydrogen) atoms. The number of carbonyl (C=O) groups is 6. The molecule has 4 unspecified atom stereocenters. The molecule has 4 saturated heterocycles. The van der Waals surface area contributed by atoms with Crippen molar-refractivity contribution in [3.05, 3.63) is 143 Å². The van der Waals surface area contributed by atoms with Crippen LogP contribution in [0, 0.1) is 0 Å². The molecule has 4 atom stereocenters. The van der Waals surface area contributed by atoms with Gasteiger partial charge in [0.25, 0.3) is 0 Å². The minimum atomic E-state index is -0.837. The van der Waals surface area contributed by atoms with Crippen LogP contribution in [-0.4, -0.2) is 120 Å². The molecular weight excluding hydrogens is 925 g/mol. The molecule has 0 aliphatic carbocycles. The van der Waals surface area contributed by atoms with Gasteiger partial charge in [-0.15, -0.1) is 0 Å². The summed E-state index contributed by atoms with van der Waals surface area (Å²) in [6.07, 6.45) is 3.17. The van der Waals surface area contributed by atoms with Crippen LogP contribution in [0.3, 0.4) is 0 Å². The first-order chi connectivity index (χ1) is 34.6. The first-order valence-electron chi connectivity index (χ1n) is 23.1. The van der Waals surface area contributed by atoms with Crippen molar-refractivity contribution in [2.24, 2.45) is 0 Å². The van der Waals surface area contributed by atoms with Crippen LogP contribution in [0.4, 0.5) is 0 Å². The fraction of sp³-hybridized carbons (Fsp3) is 0.321. The second kappa shape index (κ2) is 23.0. The van der Waals surface area contributed by atoms with Crippen molar-refractivity contribution in [3.63, 3.8) is 0 Å². The molecule has 0 N–H and O–H groups in total. The maximum Gasteiger partial charge on any atom is 0.343 e. The van der Waals surface area contributed by atoms with E-state index in [1.807, 2.05) is 0 Å². The molecule has 0 amide bonds. The molecule has 5 aromatic carbocycles. The van der Waals surface area contributed by atoms with Crippen molar-refractivity contribution >= 4 is 35.6 Å². The zero-order valence-electron chi connectivity index (χ0n) is 38.2. The lowest BCUT2D eigenvalue weighted by molar-refractivity contribution is 0.0484. The summed E-state index contributed by atoms with van der Waals surface area (Å²) in [6.45, 7) is 3.58. The van der Waals surface area contributed by atoms with Crippen molar-refractivity contribution in [1.29, 1.82) is 0 Å². The first kappa shape index (κ1) is 48.5. The van der Waals surface area contributed by atoms with Crippen molar-refractivity contribution in [2.45, 2.75) is 50.1 Å². The maximum absolute atomic E-state index is 13.5. The van der Waals surface area contributed by atoms with E-state index in [-0.39, 0.29) is 101 Å². The van der Waals surface area contributed by atoms with Gasteiger partial charge < -0.3 is 56.8 Å². The summed E-state index contributed by atoms with van der Waals surface area (Å²) in [5.41, 5.74) is 0.261. The summed E-state index contributed by atoms with van der Waals surface area (Å²) in [5.74, 6) is -3.66. The molecule has 5 aromatic rings. The van der Waals surface area contributed by atoms with E-state index in [1.165, 1.54) is 72.8 Å². The Kier molecular flexibility index (Phi) is 15.7. The number of ether oxygens (including phenoxy) is 12. The van der Waals surface area contributed by atoms with Crippen molar-refractivity contribution in [3.8, 4) is 34.5 Å². The third-order valence-electron chi connectivity index (χ3n) is 11.3. The minimum Gasteiger partial charge on any atom is -0.493 e. The number of carbonyl (C=O) groups excluding carboxylic acids is 6. The Labute approximate surface area is 406 Å². The zero-order chi connectivity index (χ0) is 49.1. The third kappa shape index (κ3) is 14.5. The fourth-order valence-electron chi connectivity index (χ4n) is 6.84. The summed E-state index contributed by atoms with van der Waals surface area (Å²) in [4.78, 5) is 79.8. The predicted octanol–water partition coefficient (Wildman–Crippen LogP) is 6.83. The Morgan fingerprint density at radius 3 is 1.18 bits per heavy atom. The summed E-state index contributed by atoms with van der Waals surface area (Å²) in [7, 11) is 0. The monoisotopic (exact) mass is 972 g/mol. The number of benzene rings is 5. The van der Waals surface area contributed by atoms with Gasteiger partial charge in [0.2, 0.25) is 0 Å². The number of epoxide rings is 4. The van der Waals surface area contributed by atoms with E-state index in [4.69, 9.17) is 56.8 Å². The number of rotatable bonds is 26. The van der Waals surface area contributed by atoms with Gasteiger partial charge in [0.1, 0.15) is 46.7 Å². The summed E-state index contributed by atoms with van der Waals surface area (Å²) >= 11 is 0. The van der Waals surface area contributed by atoms with Crippen molar-refractivity contribution < 1.29 is 85.6 Å². The quantitative estimate of drug-likeness (QED) is 0.0182. The van der Waals surface area contributed by atoms with Crippen LogP contribution in [0.2, 0.25) is 0 Å². The van der Waals surface area contributed by atoms with E-state index in [9.17, 15) is 28.8 Å². The molecule has 9 rings (SSSR count). The highest BCUT2D eigenvalue weighted by Crippen LogP contribution is 2.30. The highest BCUT2D eigenvalue weighted by atomic mass is 16.6. The van der Waals surface area contributed by atoms with Gasteiger partial charge in [-0.25, -0.2) is 24.0 Å². The minimum absolute atomic E-state index is 0.000506. The molecule has 4 fully saturated rings.